The van der Waals surface area contributed by atoms with Crippen molar-refractivity contribution in [1.29, 1.82) is 0 Å². The number of hydrogen-bond acceptors (Lipinski definition) is 3. The van der Waals surface area contributed by atoms with E-state index in [1.54, 1.807) is 0 Å². The van der Waals surface area contributed by atoms with Crippen molar-refractivity contribution in [2.75, 3.05) is 13.1 Å². The number of ketones is 1. The monoisotopic (exact) mass is 343 g/mol. The first kappa shape index (κ1) is 15.5. The van der Waals surface area contributed by atoms with Crippen LogP contribution in [0.25, 0.3) is 22.5 Å². The van der Waals surface area contributed by atoms with Gasteiger partial charge in [0.15, 0.2) is 5.78 Å². The highest BCUT2D eigenvalue weighted by Gasteiger charge is 2.32. The van der Waals surface area contributed by atoms with Crippen molar-refractivity contribution < 1.29 is 4.79 Å². The van der Waals surface area contributed by atoms with E-state index in [2.05, 4.69) is 39.4 Å². The summed E-state index contributed by atoms with van der Waals surface area (Å²) in [6.45, 7) is 3.39. The van der Waals surface area contributed by atoms with Gasteiger partial charge >= 0.3 is 0 Å². The third kappa shape index (κ3) is 2.49. The van der Waals surface area contributed by atoms with Crippen LogP contribution < -0.4 is 0 Å². The van der Waals surface area contributed by atoms with E-state index < -0.39 is 0 Å². The van der Waals surface area contributed by atoms with Crippen LogP contribution >= 0.6 is 0 Å². The fraction of sp³-hybridized carbons (Fsp3) is 0.273. The number of fused-ring (bicyclic) bond motifs is 3. The molecule has 26 heavy (non-hydrogen) atoms. The van der Waals surface area contributed by atoms with E-state index in [0.29, 0.717) is 5.56 Å². The molecular weight excluding hydrogens is 322 g/mol. The molecule has 0 radical (unpaired) electrons. The topological polar surface area (TPSA) is 49.0 Å². The number of aromatic amines is 1. The Labute approximate surface area is 152 Å². The molecule has 130 valence electrons. The first-order chi connectivity index (χ1) is 12.8. The normalized spacial score (nSPS) is 16.5. The minimum atomic E-state index is 0.0664. The molecule has 0 atom stereocenters. The zero-order valence-corrected chi connectivity index (χ0v) is 14.7. The van der Waals surface area contributed by atoms with Crippen molar-refractivity contribution in [3.8, 4) is 22.5 Å². The Bertz CT molecular complexity index is 965. The molecule has 5 rings (SSSR count). The van der Waals surface area contributed by atoms with E-state index in [1.807, 2.05) is 24.3 Å². The van der Waals surface area contributed by atoms with Gasteiger partial charge in [0, 0.05) is 23.2 Å². The van der Waals surface area contributed by atoms with E-state index in [0.717, 1.165) is 34.6 Å². The molecule has 1 aliphatic carbocycles. The average Bonchev–Trinajstić information content (AvgIpc) is 3.24. The Balaban J connectivity index is 1.43. The molecule has 0 unspecified atom stereocenters. The predicted molar refractivity (Wildman–Crippen MR) is 102 cm³/mol. The lowest BCUT2D eigenvalue weighted by Crippen LogP contribution is -2.28. The van der Waals surface area contributed by atoms with E-state index >= 15 is 0 Å². The van der Waals surface area contributed by atoms with Gasteiger partial charge in [-0.25, -0.2) is 0 Å². The van der Waals surface area contributed by atoms with Crippen LogP contribution in [-0.2, 0) is 6.54 Å². The Morgan fingerprint density at radius 3 is 2.42 bits per heavy atom. The summed E-state index contributed by atoms with van der Waals surface area (Å²) in [6, 6.07) is 16.2. The first-order valence-corrected chi connectivity index (χ1v) is 9.35. The van der Waals surface area contributed by atoms with Gasteiger partial charge in [-0.05, 0) is 31.5 Å². The van der Waals surface area contributed by atoms with Crippen LogP contribution in [0, 0.1) is 0 Å². The number of carbonyl (C=O) groups excluding carboxylic acids is 1. The SMILES string of the molecule is O=C1c2ccccc2-c2[nH]nc(-c3ccc(CN4CCCCC4)cc3)c21. The van der Waals surface area contributed by atoms with Crippen LogP contribution in [0.1, 0.15) is 40.7 Å². The van der Waals surface area contributed by atoms with Gasteiger partial charge in [-0.15, -0.1) is 0 Å². The number of nitrogens with zero attached hydrogens (tertiary/aromatic N) is 2. The maximum absolute atomic E-state index is 12.8. The van der Waals surface area contributed by atoms with Crippen LogP contribution in [0.15, 0.2) is 48.5 Å². The standard InChI is InChI=1S/C22H21N3O/c26-22-18-7-3-2-6-17(18)21-19(22)20(23-24-21)16-10-8-15(9-11-16)14-25-12-4-1-5-13-25/h2-3,6-11H,1,4-5,12-14H2,(H,23,24). The van der Waals surface area contributed by atoms with Crippen molar-refractivity contribution in [1.82, 2.24) is 15.1 Å². The molecule has 1 saturated heterocycles. The zero-order chi connectivity index (χ0) is 17.5. The van der Waals surface area contributed by atoms with E-state index in [-0.39, 0.29) is 5.78 Å². The molecule has 1 N–H and O–H groups in total. The third-order valence-corrected chi connectivity index (χ3v) is 5.52. The Morgan fingerprint density at radius 2 is 1.65 bits per heavy atom. The second-order valence-corrected chi connectivity index (χ2v) is 7.23. The van der Waals surface area contributed by atoms with Crippen LogP contribution in [0.2, 0.25) is 0 Å². The van der Waals surface area contributed by atoms with Gasteiger partial charge in [0.25, 0.3) is 0 Å². The van der Waals surface area contributed by atoms with Gasteiger partial charge in [0.2, 0.25) is 0 Å². The molecule has 3 aromatic rings. The molecule has 4 heteroatoms. The number of nitrogens with one attached hydrogen (secondary N) is 1. The van der Waals surface area contributed by atoms with Crippen LogP contribution in [0.3, 0.4) is 0 Å². The number of rotatable bonds is 3. The lowest BCUT2D eigenvalue weighted by Gasteiger charge is -2.26. The van der Waals surface area contributed by atoms with Crippen molar-refractivity contribution in [2.45, 2.75) is 25.8 Å². The van der Waals surface area contributed by atoms with Gasteiger partial charge in [-0.3, -0.25) is 14.8 Å². The van der Waals surface area contributed by atoms with E-state index in [1.165, 1.54) is 37.9 Å². The lowest BCUT2D eigenvalue weighted by molar-refractivity contribution is 0.104. The number of benzene rings is 2. The number of aromatic nitrogens is 2. The third-order valence-electron chi connectivity index (χ3n) is 5.52. The molecule has 2 aliphatic rings. The molecule has 1 aliphatic heterocycles. The van der Waals surface area contributed by atoms with Crippen LogP contribution in [0.4, 0.5) is 0 Å². The maximum Gasteiger partial charge on any atom is 0.198 e. The second-order valence-electron chi connectivity index (χ2n) is 7.23. The molecule has 4 nitrogen and oxygen atoms in total. The van der Waals surface area contributed by atoms with Gasteiger partial charge < -0.3 is 0 Å². The minimum Gasteiger partial charge on any atom is -0.299 e. The fourth-order valence-electron chi connectivity index (χ4n) is 4.14. The molecule has 1 aromatic heterocycles. The summed E-state index contributed by atoms with van der Waals surface area (Å²) in [7, 11) is 0. The van der Waals surface area contributed by atoms with Crippen molar-refractivity contribution >= 4 is 5.78 Å². The van der Waals surface area contributed by atoms with Gasteiger partial charge in [-0.1, -0.05) is 55.0 Å². The van der Waals surface area contributed by atoms with Crippen molar-refractivity contribution in [2.24, 2.45) is 0 Å². The fourth-order valence-corrected chi connectivity index (χ4v) is 4.14. The zero-order valence-electron chi connectivity index (χ0n) is 14.7. The van der Waals surface area contributed by atoms with Crippen molar-refractivity contribution in [3.63, 3.8) is 0 Å². The molecule has 0 bridgehead atoms. The summed E-state index contributed by atoms with van der Waals surface area (Å²) in [4.78, 5) is 15.3. The van der Waals surface area contributed by atoms with Gasteiger partial charge in [-0.2, -0.15) is 5.10 Å². The first-order valence-electron chi connectivity index (χ1n) is 9.35. The highest BCUT2D eigenvalue weighted by molar-refractivity contribution is 6.23. The number of likely N-dealkylation sites (tertiary alicyclic amines) is 1. The summed E-state index contributed by atoms with van der Waals surface area (Å²) >= 11 is 0. The highest BCUT2D eigenvalue weighted by atomic mass is 16.1. The number of H-pyrrole nitrogens is 1. The largest absolute Gasteiger partial charge is 0.299 e. The molecule has 0 saturated carbocycles. The Morgan fingerprint density at radius 1 is 0.923 bits per heavy atom. The molecular formula is C22H21N3O. The summed E-state index contributed by atoms with van der Waals surface area (Å²) in [5.74, 6) is 0.0664. The highest BCUT2D eigenvalue weighted by Crippen LogP contribution is 2.39. The van der Waals surface area contributed by atoms with E-state index in [4.69, 9.17) is 0 Å². The molecule has 1 fully saturated rings. The minimum absolute atomic E-state index is 0.0664. The summed E-state index contributed by atoms with van der Waals surface area (Å²) in [6.07, 6.45) is 3.97. The van der Waals surface area contributed by atoms with Gasteiger partial charge in [0.1, 0.15) is 5.69 Å². The number of carbonyl (C=O) groups is 1. The Kier molecular flexibility index (Phi) is 3.71. The quantitative estimate of drug-likeness (QED) is 0.604. The molecule has 0 amide bonds. The molecule has 2 heterocycles. The number of hydrogen-bond donors (Lipinski definition) is 1. The molecule has 2 aromatic carbocycles. The summed E-state index contributed by atoms with van der Waals surface area (Å²) in [5, 5.41) is 7.52. The van der Waals surface area contributed by atoms with Crippen molar-refractivity contribution in [3.05, 3.63) is 65.2 Å². The van der Waals surface area contributed by atoms with E-state index in [9.17, 15) is 4.79 Å². The number of piperidine rings is 1. The summed E-state index contributed by atoms with van der Waals surface area (Å²) in [5.41, 5.74) is 6.33. The van der Waals surface area contributed by atoms with Gasteiger partial charge in [0.05, 0.1) is 11.3 Å². The Hall–Kier alpha value is -2.72. The average molecular weight is 343 g/mol. The lowest BCUT2D eigenvalue weighted by atomic mass is 10.0. The second kappa shape index (κ2) is 6.22. The summed E-state index contributed by atoms with van der Waals surface area (Å²) < 4.78 is 0. The smallest absolute Gasteiger partial charge is 0.198 e. The maximum atomic E-state index is 12.8. The van der Waals surface area contributed by atoms with Crippen LogP contribution in [0.5, 0.6) is 0 Å². The van der Waals surface area contributed by atoms with Crippen LogP contribution in [-0.4, -0.2) is 34.0 Å². The molecule has 0 spiro atoms. The predicted octanol–water partition coefficient (Wildman–Crippen LogP) is 4.27.